The first-order chi connectivity index (χ1) is 9.33. The molecule has 1 saturated carbocycles. The van der Waals surface area contributed by atoms with E-state index >= 15 is 0 Å². The second-order valence-corrected chi connectivity index (χ2v) is 5.02. The smallest absolute Gasteiger partial charge is 0.160 e. The third kappa shape index (κ3) is 2.56. The van der Waals surface area contributed by atoms with E-state index < -0.39 is 0 Å². The number of hydrazine groups is 1. The fourth-order valence-corrected chi connectivity index (χ4v) is 2.50. The summed E-state index contributed by atoms with van der Waals surface area (Å²) in [4.78, 5) is 9.22. The van der Waals surface area contributed by atoms with Gasteiger partial charge in [0.15, 0.2) is 5.82 Å². The Morgan fingerprint density at radius 1 is 1.47 bits per heavy atom. The minimum atomic E-state index is 0.00486. The van der Waals surface area contributed by atoms with Crippen LogP contribution in [0.1, 0.15) is 43.0 Å². The van der Waals surface area contributed by atoms with Gasteiger partial charge in [0.1, 0.15) is 11.9 Å². The number of ether oxygens (including phenoxy) is 2. The lowest BCUT2D eigenvalue weighted by Gasteiger charge is -2.22. The molecule has 0 amide bonds. The maximum absolute atomic E-state index is 5.82. The summed E-state index contributed by atoms with van der Waals surface area (Å²) in [6.07, 6.45) is 3.20. The van der Waals surface area contributed by atoms with Crippen LogP contribution in [0, 0.1) is 5.92 Å². The van der Waals surface area contributed by atoms with Crippen molar-refractivity contribution in [3.63, 3.8) is 0 Å². The zero-order valence-electron chi connectivity index (χ0n) is 11.2. The first-order valence-corrected chi connectivity index (χ1v) is 6.89. The van der Waals surface area contributed by atoms with E-state index in [9.17, 15) is 0 Å². The average Bonchev–Trinajstić information content (AvgIpc) is 3.28. The van der Waals surface area contributed by atoms with Gasteiger partial charge in [-0.3, -0.25) is 0 Å². The summed E-state index contributed by atoms with van der Waals surface area (Å²) >= 11 is 0. The average molecular weight is 264 g/mol. The molecule has 3 N–H and O–H groups in total. The normalized spacial score (nSPS) is 19.9. The van der Waals surface area contributed by atoms with Gasteiger partial charge in [-0.15, -0.1) is 0 Å². The molecule has 104 valence electrons. The summed E-state index contributed by atoms with van der Waals surface area (Å²) in [6.45, 7) is 3.91. The lowest BCUT2D eigenvalue weighted by molar-refractivity contribution is 0.0393. The molecule has 0 bridgehead atoms. The molecular formula is C13H20N4O2. The van der Waals surface area contributed by atoms with E-state index in [-0.39, 0.29) is 6.10 Å². The van der Waals surface area contributed by atoms with Crippen molar-refractivity contribution >= 4 is 5.82 Å². The van der Waals surface area contributed by atoms with Crippen molar-refractivity contribution in [1.82, 2.24) is 9.97 Å². The van der Waals surface area contributed by atoms with Crippen molar-refractivity contribution in [3.05, 3.63) is 17.1 Å². The molecule has 19 heavy (non-hydrogen) atoms. The fraction of sp³-hybridized carbons (Fsp3) is 0.692. The molecule has 6 nitrogen and oxygen atoms in total. The van der Waals surface area contributed by atoms with Gasteiger partial charge >= 0.3 is 0 Å². The van der Waals surface area contributed by atoms with E-state index in [0.29, 0.717) is 31.6 Å². The van der Waals surface area contributed by atoms with Crippen molar-refractivity contribution in [2.75, 3.05) is 18.6 Å². The van der Waals surface area contributed by atoms with Gasteiger partial charge < -0.3 is 14.9 Å². The Hall–Kier alpha value is -1.24. The first-order valence-electron chi connectivity index (χ1n) is 6.89. The molecule has 1 aliphatic carbocycles. The molecule has 0 spiro atoms. The van der Waals surface area contributed by atoms with Gasteiger partial charge in [-0.1, -0.05) is 0 Å². The van der Waals surface area contributed by atoms with Gasteiger partial charge in [-0.25, -0.2) is 15.8 Å². The van der Waals surface area contributed by atoms with Gasteiger partial charge in [0.05, 0.1) is 18.9 Å². The van der Waals surface area contributed by atoms with E-state index in [0.717, 1.165) is 23.5 Å². The third-order valence-corrected chi connectivity index (χ3v) is 3.63. The van der Waals surface area contributed by atoms with Crippen LogP contribution in [-0.4, -0.2) is 23.2 Å². The molecule has 0 aromatic carbocycles. The van der Waals surface area contributed by atoms with Crippen LogP contribution in [0.4, 0.5) is 5.82 Å². The van der Waals surface area contributed by atoms with E-state index in [1.165, 1.54) is 12.8 Å². The monoisotopic (exact) mass is 264 g/mol. The molecule has 1 fully saturated rings. The molecule has 3 rings (SSSR count). The minimum Gasteiger partial charge on any atom is -0.376 e. The van der Waals surface area contributed by atoms with Gasteiger partial charge in [-0.05, 0) is 25.7 Å². The lowest BCUT2D eigenvalue weighted by atomic mass is 10.1. The highest BCUT2D eigenvalue weighted by atomic mass is 16.5. The summed E-state index contributed by atoms with van der Waals surface area (Å²) in [7, 11) is 0. The predicted octanol–water partition coefficient (Wildman–Crippen LogP) is 1.32. The van der Waals surface area contributed by atoms with Crippen LogP contribution in [-0.2, 0) is 22.5 Å². The number of nitrogens with one attached hydrogen (secondary N) is 1. The van der Waals surface area contributed by atoms with Gasteiger partial charge in [0, 0.05) is 18.6 Å². The Bertz CT molecular complexity index is 445. The number of rotatable bonds is 5. The van der Waals surface area contributed by atoms with Gasteiger partial charge in [-0.2, -0.15) is 0 Å². The molecular weight excluding hydrogens is 244 g/mol. The maximum Gasteiger partial charge on any atom is 0.160 e. The van der Waals surface area contributed by atoms with Crippen LogP contribution in [0.3, 0.4) is 0 Å². The highest BCUT2D eigenvalue weighted by Crippen LogP contribution is 2.42. The number of hydrogen-bond acceptors (Lipinski definition) is 6. The van der Waals surface area contributed by atoms with Gasteiger partial charge in [0.2, 0.25) is 0 Å². The van der Waals surface area contributed by atoms with Crippen LogP contribution in [0.2, 0.25) is 0 Å². The summed E-state index contributed by atoms with van der Waals surface area (Å²) < 4.78 is 11.3. The van der Waals surface area contributed by atoms with E-state index in [4.69, 9.17) is 20.3 Å². The maximum atomic E-state index is 5.82. The number of nitrogen functional groups attached to an aromatic ring is 1. The van der Waals surface area contributed by atoms with E-state index in [2.05, 4.69) is 10.4 Å². The number of aromatic nitrogens is 2. The summed E-state index contributed by atoms with van der Waals surface area (Å²) in [5.41, 5.74) is 4.68. The van der Waals surface area contributed by atoms with Crippen molar-refractivity contribution in [3.8, 4) is 0 Å². The van der Waals surface area contributed by atoms with Crippen LogP contribution >= 0.6 is 0 Å². The Balaban J connectivity index is 1.96. The van der Waals surface area contributed by atoms with E-state index in [1.807, 2.05) is 6.92 Å². The molecule has 6 heteroatoms. The van der Waals surface area contributed by atoms with Crippen LogP contribution in [0.25, 0.3) is 0 Å². The molecule has 1 aliphatic heterocycles. The minimum absolute atomic E-state index is 0.00486. The Kier molecular flexibility index (Phi) is 3.63. The molecule has 1 aromatic heterocycles. The van der Waals surface area contributed by atoms with Crippen molar-refractivity contribution in [1.29, 1.82) is 0 Å². The van der Waals surface area contributed by atoms with Crippen molar-refractivity contribution in [2.24, 2.45) is 11.8 Å². The van der Waals surface area contributed by atoms with E-state index in [1.54, 1.807) is 0 Å². The van der Waals surface area contributed by atoms with Gasteiger partial charge in [0.25, 0.3) is 0 Å². The molecule has 1 aromatic rings. The molecule has 0 saturated heterocycles. The molecule has 1 atom stereocenters. The van der Waals surface area contributed by atoms with Crippen LogP contribution in [0.5, 0.6) is 0 Å². The number of fused-ring (bicyclic) bond motifs is 1. The SMILES string of the molecule is CCOC(c1nc2c(c(NN)n1)COCC2)C1CC1. The van der Waals surface area contributed by atoms with Crippen LogP contribution in [0.15, 0.2) is 0 Å². The number of hydrogen-bond donors (Lipinski definition) is 2. The second-order valence-electron chi connectivity index (χ2n) is 5.02. The Morgan fingerprint density at radius 2 is 2.32 bits per heavy atom. The fourth-order valence-electron chi connectivity index (χ4n) is 2.50. The van der Waals surface area contributed by atoms with Crippen LogP contribution < -0.4 is 11.3 Å². The predicted molar refractivity (Wildman–Crippen MR) is 70.3 cm³/mol. The zero-order valence-corrected chi connectivity index (χ0v) is 11.2. The Labute approximate surface area is 112 Å². The quantitative estimate of drug-likeness (QED) is 0.616. The number of nitrogens with zero attached hydrogens (tertiary/aromatic N) is 2. The number of nitrogens with two attached hydrogens (primary N) is 1. The zero-order chi connectivity index (χ0) is 13.2. The lowest BCUT2D eigenvalue weighted by Crippen LogP contribution is -2.22. The Morgan fingerprint density at radius 3 is 3.00 bits per heavy atom. The summed E-state index contributed by atoms with van der Waals surface area (Å²) in [5.74, 6) is 7.56. The highest BCUT2D eigenvalue weighted by Gasteiger charge is 2.35. The first kappa shape index (κ1) is 12.8. The standard InChI is InChI=1S/C13H20N4O2/c1-2-19-11(8-3-4-8)13-15-10-5-6-18-7-9(10)12(16-13)17-14/h8,11H,2-7,14H2,1H3,(H,15,16,17). The highest BCUT2D eigenvalue weighted by molar-refractivity contribution is 5.46. The largest absolute Gasteiger partial charge is 0.376 e. The second kappa shape index (κ2) is 5.40. The molecule has 2 heterocycles. The molecule has 2 aliphatic rings. The molecule has 0 radical (unpaired) electrons. The third-order valence-electron chi connectivity index (χ3n) is 3.63. The number of anilines is 1. The van der Waals surface area contributed by atoms with Crippen molar-refractivity contribution < 1.29 is 9.47 Å². The molecule has 1 unspecified atom stereocenters. The topological polar surface area (TPSA) is 82.3 Å². The van der Waals surface area contributed by atoms with Crippen molar-refractivity contribution in [2.45, 2.75) is 38.9 Å². The summed E-state index contributed by atoms with van der Waals surface area (Å²) in [5, 5.41) is 0. The summed E-state index contributed by atoms with van der Waals surface area (Å²) in [6, 6.07) is 0.